The van der Waals surface area contributed by atoms with Crippen molar-refractivity contribution in [3.05, 3.63) is 56.2 Å². The Kier molecular flexibility index (Phi) is 4.98. The zero-order chi connectivity index (χ0) is 19.8. The van der Waals surface area contributed by atoms with Crippen LogP contribution in [0.15, 0.2) is 29.1 Å². The summed E-state index contributed by atoms with van der Waals surface area (Å²) in [7, 11) is 0. The van der Waals surface area contributed by atoms with Crippen LogP contribution in [0.3, 0.4) is 0 Å². The molecule has 2 aromatic heterocycles. The van der Waals surface area contributed by atoms with Crippen molar-refractivity contribution in [2.45, 2.75) is 51.9 Å². The number of benzene rings is 1. The standard InChI is InChI=1S/C22H24N2O3S/c1-12(2)13-8-10-14(11-9-13)23-20(26)18-19(25)17-15-6-4-3-5-7-16(15)28-22(17)24-21(18)27/h8-12H,3-7H2,1-2H3,(H,23,26)(H2,24,25,27). The second-order valence-electron chi connectivity index (χ2n) is 7.68. The number of aromatic hydroxyl groups is 1. The largest absolute Gasteiger partial charge is 0.506 e. The van der Waals surface area contributed by atoms with E-state index in [0.717, 1.165) is 37.7 Å². The van der Waals surface area contributed by atoms with Crippen LogP contribution in [0.25, 0.3) is 10.2 Å². The van der Waals surface area contributed by atoms with E-state index in [4.69, 9.17) is 0 Å². The average molecular weight is 397 g/mol. The predicted molar refractivity (Wildman–Crippen MR) is 114 cm³/mol. The number of fused-ring (bicyclic) bond motifs is 3. The molecule has 146 valence electrons. The number of carbonyl (C=O) groups is 1. The number of rotatable bonds is 3. The Bertz CT molecular complexity index is 1090. The third-order valence-electron chi connectivity index (χ3n) is 5.41. The Hall–Kier alpha value is -2.60. The Morgan fingerprint density at radius 3 is 2.57 bits per heavy atom. The lowest BCUT2D eigenvalue weighted by atomic mass is 10.0. The molecule has 28 heavy (non-hydrogen) atoms. The Balaban J connectivity index is 1.72. The molecule has 1 aromatic carbocycles. The molecule has 6 heteroatoms. The van der Waals surface area contributed by atoms with Gasteiger partial charge in [0, 0.05) is 10.6 Å². The number of pyridine rings is 1. The molecule has 0 saturated carbocycles. The van der Waals surface area contributed by atoms with Gasteiger partial charge in [-0.25, -0.2) is 0 Å². The predicted octanol–water partition coefficient (Wildman–Crippen LogP) is 4.94. The molecule has 0 bridgehead atoms. The van der Waals surface area contributed by atoms with Crippen molar-refractivity contribution in [3.63, 3.8) is 0 Å². The number of thiophene rings is 1. The number of carbonyl (C=O) groups excluding carboxylic acids is 1. The Labute approximate surface area is 167 Å². The molecule has 5 nitrogen and oxygen atoms in total. The zero-order valence-electron chi connectivity index (χ0n) is 16.1. The highest BCUT2D eigenvalue weighted by Crippen LogP contribution is 2.39. The quantitative estimate of drug-likeness (QED) is 0.549. The number of amides is 1. The molecule has 0 spiro atoms. The summed E-state index contributed by atoms with van der Waals surface area (Å²) in [5.74, 6) is -0.395. The van der Waals surface area contributed by atoms with Crippen LogP contribution in [-0.4, -0.2) is 16.0 Å². The van der Waals surface area contributed by atoms with Gasteiger partial charge in [-0.1, -0.05) is 32.4 Å². The molecule has 3 N–H and O–H groups in total. The van der Waals surface area contributed by atoms with Gasteiger partial charge in [-0.05, 0) is 54.9 Å². The number of nitrogens with one attached hydrogen (secondary N) is 2. The Morgan fingerprint density at radius 2 is 1.86 bits per heavy atom. The maximum Gasteiger partial charge on any atom is 0.265 e. The highest BCUT2D eigenvalue weighted by atomic mass is 32.1. The third kappa shape index (κ3) is 3.33. The first-order chi connectivity index (χ1) is 13.5. The minimum atomic E-state index is -0.591. The van der Waals surface area contributed by atoms with Gasteiger partial charge in [0.15, 0.2) is 0 Å². The lowest BCUT2D eigenvalue weighted by Crippen LogP contribution is -2.23. The molecule has 0 saturated heterocycles. The van der Waals surface area contributed by atoms with E-state index in [1.54, 1.807) is 0 Å². The number of aromatic nitrogens is 1. The normalized spacial score (nSPS) is 14.1. The number of aryl methyl sites for hydroxylation is 2. The van der Waals surface area contributed by atoms with Crippen molar-refractivity contribution in [2.24, 2.45) is 0 Å². The SMILES string of the molecule is CC(C)c1ccc(NC(=O)c2c(O)c3c4c(sc3[nH]c2=O)CCCCC4)cc1. The van der Waals surface area contributed by atoms with E-state index < -0.39 is 11.5 Å². The van der Waals surface area contributed by atoms with Crippen molar-refractivity contribution in [3.8, 4) is 5.75 Å². The van der Waals surface area contributed by atoms with Gasteiger partial charge in [-0.3, -0.25) is 9.59 Å². The molecular weight excluding hydrogens is 372 g/mol. The molecule has 0 fully saturated rings. The fourth-order valence-electron chi connectivity index (χ4n) is 3.83. The highest BCUT2D eigenvalue weighted by molar-refractivity contribution is 7.18. The van der Waals surface area contributed by atoms with Gasteiger partial charge in [0.2, 0.25) is 0 Å². The van der Waals surface area contributed by atoms with Crippen LogP contribution in [-0.2, 0) is 12.8 Å². The number of aromatic amines is 1. The summed E-state index contributed by atoms with van der Waals surface area (Å²) in [6, 6.07) is 7.53. The van der Waals surface area contributed by atoms with Gasteiger partial charge in [0.05, 0.1) is 5.39 Å². The highest BCUT2D eigenvalue weighted by Gasteiger charge is 2.25. The minimum absolute atomic E-state index is 0.200. The fraction of sp³-hybridized carbons (Fsp3) is 0.364. The minimum Gasteiger partial charge on any atom is -0.506 e. The third-order valence-corrected chi connectivity index (χ3v) is 6.62. The van der Waals surface area contributed by atoms with Crippen molar-refractivity contribution in [2.75, 3.05) is 5.32 Å². The zero-order valence-corrected chi connectivity index (χ0v) is 16.9. The van der Waals surface area contributed by atoms with E-state index in [1.807, 2.05) is 24.3 Å². The van der Waals surface area contributed by atoms with Crippen LogP contribution in [0, 0.1) is 0 Å². The second-order valence-corrected chi connectivity index (χ2v) is 8.78. The van der Waals surface area contributed by atoms with E-state index in [0.29, 0.717) is 21.8 Å². The topological polar surface area (TPSA) is 82.2 Å². The van der Waals surface area contributed by atoms with Crippen LogP contribution in [0.4, 0.5) is 5.69 Å². The van der Waals surface area contributed by atoms with E-state index in [9.17, 15) is 14.7 Å². The molecule has 2 heterocycles. The van der Waals surface area contributed by atoms with E-state index >= 15 is 0 Å². The van der Waals surface area contributed by atoms with Crippen LogP contribution >= 0.6 is 11.3 Å². The summed E-state index contributed by atoms with van der Waals surface area (Å²) in [6.07, 6.45) is 5.16. The lowest BCUT2D eigenvalue weighted by molar-refractivity contribution is 0.102. The van der Waals surface area contributed by atoms with E-state index in [-0.39, 0.29) is 11.3 Å². The number of hydrogen-bond acceptors (Lipinski definition) is 4. The van der Waals surface area contributed by atoms with Gasteiger partial charge in [0.1, 0.15) is 16.1 Å². The molecule has 0 aliphatic heterocycles. The molecule has 0 radical (unpaired) electrons. The maximum absolute atomic E-state index is 12.8. The lowest BCUT2D eigenvalue weighted by Gasteiger charge is -2.10. The first-order valence-electron chi connectivity index (χ1n) is 9.76. The average Bonchev–Trinajstić information content (AvgIpc) is 2.83. The van der Waals surface area contributed by atoms with Gasteiger partial charge in [-0.15, -0.1) is 11.3 Å². The summed E-state index contributed by atoms with van der Waals surface area (Å²) in [4.78, 5) is 30.0. The van der Waals surface area contributed by atoms with Crippen molar-refractivity contribution < 1.29 is 9.90 Å². The summed E-state index contributed by atoms with van der Waals surface area (Å²) in [6.45, 7) is 4.20. The molecule has 1 aliphatic carbocycles. The summed E-state index contributed by atoms with van der Waals surface area (Å²) < 4.78 is 0. The van der Waals surface area contributed by atoms with E-state index in [1.165, 1.54) is 21.8 Å². The van der Waals surface area contributed by atoms with Crippen LogP contribution in [0.5, 0.6) is 5.75 Å². The maximum atomic E-state index is 12.8. The monoisotopic (exact) mass is 396 g/mol. The molecule has 1 amide bonds. The molecule has 0 atom stereocenters. The smallest absolute Gasteiger partial charge is 0.265 e. The number of hydrogen-bond donors (Lipinski definition) is 3. The second kappa shape index (κ2) is 7.43. The molecule has 1 aliphatic rings. The van der Waals surface area contributed by atoms with E-state index in [2.05, 4.69) is 24.1 Å². The molecule has 3 aromatic rings. The van der Waals surface area contributed by atoms with Crippen LogP contribution < -0.4 is 10.9 Å². The number of anilines is 1. The van der Waals surface area contributed by atoms with Gasteiger partial charge in [-0.2, -0.15) is 0 Å². The van der Waals surface area contributed by atoms with Crippen molar-refractivity contribution in [1.82, 2.24) is 4.98 Å². The number of H-pyrrole nitrogens is 1. The summed E-state index contributed by atoms with van der Waals surface area (Å²) in [5, 5.41) is 14.2. The summed E-state index contributed by atoms with van der Waals surface area (Å²) >= 11 is 1.52. The van der Waals surface area contributed by atoms with Crippen molar-refractivity contribution in [1.29, 1.82) is 0 Å². The summed E-state index contributed by atoms with van der Waals surface area (Å²) in [5.41, 5.74) is 2.07. The first-order valence-corrected chi connectivity index (χ1v) is 10.6. The van der Waals surface area contributed by atoms with Crippen LogP contribution in [0.1, 0.15) is 65.4 Å². The van der Waals surface area contributed by atoms with Gasteiger partial charge in [0.25, 0.3) is 11.5 Å². The molecule has 0 unspecified atom stereocenters. The van der Waals surface area contributed by atoms with Crippen LogP contribution in [0.2, 0.25) is 0 Å². The van der Waals surface area contributed by atoms with Crippen molar-refractivity contribution >= 4 is 33.1 Å². The van der Waals surface area contributed by atoms with Gasteiger partial charge >= 0.3 is 0 Å². The molecular formula is C22H24N2O3S. The fourth-order valence-corrected chi connectivity index (χ4v) is 5.12. The molecule has 4 rings (SSSR count). The van der Waals surface area contributed by atoms with Gasteiger partial charge < -0.3 is 15.4 Å². The Morgan fingerprint density at radius 1 is 1.14 bits per heavy atom. The first kappa shape index (κ1) is 18.7.